The van der Waals surface area contributed by atoms with Gasteiger partial charge in [0.25, 0.3) is 0 Å². The third kappa shape index (κ3) is 2.18. The van der Waals surface area contributed by atoms with Crippen LogP contribution in [0.25, 0.3) is 0 Å². The van der Waals surface area contributed by atoms with Gasteiger partial charge in [-0.15, -0.1) is 12.4 Å². The van der Waals surface area contributed by atoms with Crippen molar-refractivity contribution in [1.29, 1.82) is 0 Å². The number of benzene rings is 1. The Balaban J connectivity index is 0.00000128. The van der Waals surface area contributed by atoms with Crippen molar-refractivity contribution in [2.45, 2.75) is 13.0 Å². The van der Waals surface area contributed by atoms with Crippen LogP contribution in [0.3, 0.4) is 0 Å². The van der Waals surface area contributed by atoms with E-state index in [1.165, 1.54) is 19.2 Å². The number of hydrogen-bond acceptors (Lipinski definition) is 3. The molecule has 2 rings (SSSR count). The molecule has 0 spiro atoms. The van der Waals surface area contributed by atoms with E-state index in [4.69, 9.17) is 0 Å². The molecule has 88 valence electrons. The highest BCUT2D eigenvalue weighted by Crippen LogP contribution is 2.22. The molecule has 1 heterocycles. The fraction of sp³-hybridized carbons (Fsp3) is 0.364. The molecule has 0 aromatic heterocycles. The van der Waals surface area contributed by atoms with Gasteiger partial charge in [-0.2, -0.15) is 0 Å². The number of esters is 1. The summed E-state index contributed by atoms with van der Waals surface area (Å²) in [5, 5.41) is 3.11. The molecule has 1 aromatic carbocycles. The van der Waals surface area contributed by atoms with Gasteiger partial charge < -0.3 is 10.1 Å². The van der Waals surface area contributed by atoms with Crippen LogP contribution in [0.15, 0.2) is 12.1 Å². The van der Waals surface area contributed by atoms with Crippen molar-refractivity contribution in [3.05, 3.63) is 34.6 Å². The first-order valence-electron chi connectivity index (χ1n) is 4.83. The fourth-order valence-electron chi connectivity index (χ4n) is 1.86. The number of ether oxygens (including phenoxy) is 1. The number of halogens is 2. The SMILES string of the molecule is COC(=O)c1ccc(F)c2c1CNCC2.Cl. The molecule has 5 heteroatoms. The van der Waals surface area contributed by atoms with Crippen LogP contribution in [0.2, 0.25) is 0 Å². The maximum absolute atomic E-state index is 13.4. The van der Waals surface area contributed by atoms with Crippen LogP contribution < -0.4 is 5.32 Å². The second-order valence-electron chi connectivity index (χ2n) is 3.47. The number of methoxy groups -OCH3 is 1. The van der Waals surface area contributed by atoms with Gasteiger partial charge in [0, 0.05) is 6.54 Å². The number of carbonyl (C=O) groups excluding carboxylic acids is 1. The highest BCUT2D eigenvalue weighted by molar-refractivity contribution is 5.91. The smallest absolute Gasteiger partial charge is 0.338 e. The van der Waals surface area contributed by atoms with Crippen LogP contribution in [-0.4, -0.2) is 19.6 Å². The molecule has 0 amide bonds. The molecular formula is C11H13ClFNO2. The predicted octanol–water partition coefficient (Wildman–Crippen LogP) is 1.68. The van der Waals surface area contributed by atoms with Gasteiger partial charge in [-0.05, 0) is 36.2 Å². The summed E-state index contributed by atoms with van der Waals surface area (Å²) in [6, 6.07) is 2.81. The van der Waals surface area contributed by atoms with Crippen molar-refractivity contribution in [1.82, 2.24) is 5.32 Å². The first-order chi connectivity index (χ1) is 7.24. The van der Waals surface area contributed by atoms with Crippen LogP contribution in [0, 0.1) is 5.82 Å². The minimum atomic E-state index is -0.407. The van der Waals surface area contributed by atoms with Crippen molar-refractivity contribution in [3.63, 3.8) is 0 Å². The average Bonchev–Trinajstić information content (AvgIpc) is 2.29. The van der Waals surface area contributed by atoms with E-state index in [2.05, 4.69) is 10.1 Å². The summed E-state index contributed by atoms with van der Waals surface area (Å²) < 4.78 is 18.1. The van der Waals surface area contributed by atoms with Crippen LogP contribution in [-0.2, 0) is 17.7 Å². The lowest BCUT2D eigenvalue weighted by atomic mass is 9.95. The summed E-state index contributed by atoms with van der Waals surface area (Å²) in [7, 11) is 1.33. The second-order valence-corrected chi connectivity index (χ2v) is 3.47. The molecule has 1 aliphatic rings. The Morgan fingerprint density at radius 2 is 2.19 bits per heavy atom. The molecule has 0 saturated carbocycles. The van der Waals surface area contributed by atoms with Gasteiger partial charge in [0.05, 0.1) is 12.7 Å². The molecule has 0 saturated heterocycles. The molecule has 16 heavy (non-hydrogen) atoms. The Morgan fingerprint density at radius 3 is 2.88 bits per heavy atom. The molecular weight excluding hydrogens is 233 g/mol. The van der Waals surface area contributed by atoms with Crippen molar-refractivity contribution >= 4 is 18.4 Å². The third-order valence-corrected chi connectivity index (χ3v) is 2.63. The predicted molar refractivity (Wildman–Crippen MR) is 60.4 cm³/mol. The van der Waals surface area contributed by atoms with E-state index in [1.807, 2.05) is 0 Å². The van der Waals surface area contributed by atoms with E-state index in [9.17, 15) is 9.18 Å². The van der Waals surface area contributed by atoms with Crippen molar-refractivity contribution in [2.75, 3.05) is 13.7 Å². The summed E-state index contributed by atoms with van der Waals surface area (Å²) in [5.74, 6) is -0.644. The zero-order valence-electron chi connectivity index (χ0n) is 8.88. The highest BCUT2D eigenvalue weighted by Gasteiger charge is 2.20. The highest BCUT2D eigenvalue weighted by atomic mass is 35.5. The summed E-state index contributed by atoms with van der Waals surface area (Å²) in [5.41, 5.74) is 1.82. The van der Waals surface area contributed by atoms with Gasteiger partial charge >= 0.3 is 5.97 Å². The minimum absolute atomic E-state index is 0. The number of nitrogens with one attached hydrogen (secondary N) is 1. The minimum Gasteiger partial charge on any atom is -0.465 e. The molecule has 1 aliphatic heterocycles. The first-order valence-corrected chi connectivity index (χ1v) is 4.83. The Labute approximate surface area is 99.4 Å². The normalized spacial score (nSPS) is 13.6. The van der Waals surface area contributed by atoms with Gasteiger partial charge in [0.1, 0.15) is 5.82 Å². The van der Waals surface area contributed by atoms with Gasteiger partial charge in [-0.25, -0.2) is 9.18 Å². The zero-order valence-corrected chi connectivity index (χ0v) is 9.70. The Morgan fingerprint density at radius 1 is 1.44 bits per heavy atom. The van der Waals surface area contributed by atoms with Crippen LogP contribution in [0.5, 0.6) is 0 Å². The van der Waals surface area contributed by atoms with Crippen LogP contribution in [0.4, 0.5) is 4.39 Å². The number of fused-ring (bicyclic) bond motifs is 1. The van der Waals surface area contributed by atoms with Gasteiger partial charge in [-0.3, -0.25) is 0 Å². The topological polar surface area (TPSA) is 38.3 Å². The van der Waals surface area contributed by atoms with Crippen LogP contribution >= 0.6 is 12.4 Å². The Kier molecular flexibility index (Phi) is 4.26. The van der Waals surface area contributed by atoms with Crippen LogP contribution in [0.1, 0.15) is 21.5 Å². The van der Waals surface area contributed by atoms with Crippen molar-refractivity contribution in [2.24, 2.45) is 0 Å². The lowest BCUT2D eigenvalue weighted by Gasteiger charge is -2.19. The molecule has 0 aliphatic carbocycles. The number of hydrogen-bond donors (Lipinski definition) is 1. The molecule has 0 atom stereocenters. The maximum atomic E-state index is 13.4. The second kappa shape index (κ2) is 5.27. The van der Waals surface area contributed by atoms with E-state index in [0.717, 1.165) is 12.1 Å². The van der Waals surface area contributed by atoms with Crippen molar-refractivity contribution < 1.29 is 13.9 Å². The molecule has 0 unspecified atom stereocenters. The van der Waals surface area contributed by atoms with Crippen molar-refractivity contribution in [3.8, 4) is 0 Å². The zero-order chi connectivity index (χ0) is 10.8. The van der Waals surface area contributed by atoms with Gasteiger partial charge in [-0.1, -0.05) is 0 Å². The third-order valence-electron chi connectivity index (χ3n) is 2.63. The molecule has 0 radical (unpaired) electrons. The average molecular weight is 246 g/mol. The summed E-state index contributed by atoms with van der Waals surface area (Å²) >= 11 is 0. The number of rotatable bonds is 1. The number of carbonyl (C=O) groups is 1. The molecule has 1 aromatic rings. The summed E-state index contributed by atoms with van der Waals surface area (Å²) in [6.45, 7) is 1.27. The lowest BCUT2D eigenvalue weighted by molar-refractivity contribution is 0.0599. The van der Waals surface area contributed by atoms with Gasteiger partial charge in [0.15, 0.2) is 0 Å². The largest absolute Gasteiger partial charge is 0.465 e. The summed E-state index contributed by atoms with van der Waals surface area (Å²) in [4.78, 5) is 11.4. The Hall–Kier alpha value is -1.13. The van der Waals surface area contributed by atoms with E-state index >= 15 is 0 Å². The molecule has 1 N–H and O–H groups in total. The lowest BCUT2D eigenvalue weighted by Crippen LogP contribution is -2.27. The molecule has 0 fully saturated rings. The maximum Gasteiger partial charge on any atom is 0.338 e. The standard InChI is InChI=1S/C11H12FNO2.ClH/c1-15-11(14)8-2-3-10(12)7-4-5-13-6-9(7)8;/h2-3,13H,4-6H2,1H3;1H. The quantitative estimate of drug-likeness (QED) is 0.765. The van der Waals surface area contributed by atoms with E-state index in [0.29, 0.717) is 24.1 Å². The fourth-order valence-corrected chi connectivity index (χ4v) is 1.86. The first kappa shape index (κ1) is 12.9. The Bertz CT molecular complexity index is 409. The van der Waals surface area contributed by atoms with Gasteiger partial charge in [0.2, 0.25) is 0 Å². The molecule has 3 nitrogen and oxygen atoms in total. The van der Waals surface area contributed by atoms with E-state index in [1.54, 1.807) is 0 Å². The molecule has 0 bridgehead atoms. The van der Waals surface area contributed by atoms with E-state index in [-0.39, 0.29) is 18.2 Å². The summed E-state index contributed by atoms with van der Waals surface area (Å²) in [6.07, 6.45) is 0.617. The van der Waals surface area contributed by atoms with E-state index < -0.39 is 5.97 Å². The monoisotopic (exact) mass is 245 g/mol.